The molecule has 220 valence electrons. The molecule has 12 atom stereocenters. The molecule has 1 spiro atoms. The second-order valence-electron chi connectivity index (χ2n) is 12.8. The van der Waals surface area contributed by atoms with Gasteiger partial charge in [-0.25, -0.2) is 0 Å². The van der Waals surface area contributed by atoms with E-state index in [1.165, 1.54) is 13.8 Å². The lowest BCUT2D eigenvalue weighted by Gasteiger charge is -2.66. The molecule has 2 saturated carbocycles. The fourth-order valence-corrected chi connectivity index (χ4v) is 8.34. The highest BCUT2D eigenvalue weighted by Crippen LogP contribution is 2.70. The summed E-state index contributed by atoms with van der Waals surface area (Å²) >= 11 is 0. The molecule has 10 nitrogen and oxygen atoms in total. The van der Waals surface area contributed by atoms with Crippen LogP contribution in [0.15, 0.2) is 0 Å². The van der Waals surface area contributed by atoms with E-state index in [2.05, 4.69) is 13.8 Å². The summed E-state index contributed by atoms with van der Waals surface area (Å²) in [6.45, 7) is 11.4. The zero-order valence-corrected chi connectivity index (χ0v) is 24.0. The summed E-state index contributed by atoms with van der Waals surface area (Å²) in [5, 5.41) is 11.6. The van der Waals surface area contributed by atoms with Crippen LogP contribution in [0.2, 0.25) is 0 Å². The van der Waals surface area contributed by atoms with E-state index in [4.69, 9.17) is 28.4 Å². The summed E-state index contributed by atoms with van der Waals surface area (Å²) in [6.07, 6.45) is -0.0662. The molecule has 5 rings (SSSR count). The standard InChI is InChI=1S/C29H44O10/c1-7-15(2)25(33)38-20-12-21(32)29(14-36-29)28(13-35-17(4)30)23(37-18(5)31)10-16(3)27(6,24(20)28)22-11-19-8-9-34-26(19)39-22/h15-16,19-24,26,32H,7-14H2,1-6H3/t15-,16+,19+,20+,21?,22?,23-,24+,26-,27+,28+,29+/m0/s1. The molecule has 3 aliphatic heterocycles. The van der Waals surface area contributed by atoms with Crippen LogP contribution in [0.4, 0.5) is 0 Å². The topological polar surface area (TPSA) is 130 Å². The van der Waals surface area contributed by atoms with E-state index in [1.807, 2.05) is 13.8 Å². The van der Waals surface area contributed by atoms with Crippen molar-refractivity contribution >= 4 is 17.9 Å². The average molecular weight is 553 g/mol. The van der Waals surface area contributed by atoms with E-state index in [0.29, 0.717) is 19.4 Å². The Labute approximate surface area is 230 Å². The van der Waals surface area contributed by atoms with Gasteiger partial charge < -0.3 is 33.5 Å². The zero-order valence-electron chi connectivity index (χ0n) is 24.0. The molecule has 1 N–H and O–H groups in total. The number of hydrogen-bond donors (Lipinski definition) is 1. The Morgan fingerprint density at radius 3 is 2.41 bits per heavy atom. The Morgan fingerprint density at radius 2 is 1.82 bits per heavy atom. The summed E-state index contributed by atoms with van der Waals surface area (Å²) < 4.78 is 36.6. The van der Waals surface area contributed by atoms with Gasteiger partial charge in [0.1, 0.15) is 24.4 Å². The zero-order chi connectivity index (χ0) is 28.3. The predicted octanol–water partition coefficient (Wildman–Crippen LogP) is 2.77. The van der Waals surface area contributed by atoms with Crippen molar-refractivity contribution in [2.24, 2.45) is 34.5 Å². The highest BCUT2D eigenvalue weighted by Gasteiger charge is 2.81. The highest BCUT2D eigenvalue weighted by atomic mass is 16.7. The Hall–Kier alpha value is -1.75. The Bertz CT molecular complexity index is 967. The van der Waals surface area contributed by atoms with Gasteiger partial charge in [0.15, 0.2) is 6.29 Å². The van der Waals surface area contributed by atoms with Crippen molar-refractivity contribution in [1.82, 2.24) is 0 Å². The average Bonchev–Trinajstić information content (AvgIpc) is 3.38. The number of esters is 3. The molecular formula is C29H44O10. The molecule has 0 amide bonds. The van der Waals surface area contributed by atoms with E-state index < -0.39 is 52.6 Å². The van der Waals surface area contributed by atoms with Crippen molar-refractivity contribution in [2.75, 3.05) is 19.8 Å². The summed E-state index contributed by atoms with van der Waals surface area (Å²) in [4.78, 5) is 38.0. The second-order valence-corrected chi connectivity index (χ2v) is 12.8. The minimum atomic E-state index is -1.16. The molecule has 39 heavy (non-hydrogen) atoms. The van der Waals surface area contributed by atoms with Gasteiger partial charge in [0.25, 0.3) is 0 Å². The summed E-state index contributed by atoms with van der Waals surface area (Å²) in [6, 6.07) is 0. The molecule has 3 saturated heterocycles. The van der Waals surface area contributed by atoms with Gasteiger partial charge in [-0.1, -0.05) is 27.7 Å². The van der Waals surface area contributed by atoms with Gasteiger partial charge in [-0.15, -0.1) is 0 Å². The van der Waals surface area contributed by atoms with Crippen LogP contribution in [0.1, 0.15) is 73.6 Å². The SMILES string of the molecule is CC[C@H](C)C(=O)O[C@@H]1CC(O)[C@]2(CO2)[C@]2(COC(C)=O)[C@@H](OC(C)=O)C[C@@H](C)[C@](C)(C3C[C@H]4CCO[C@H]4O3)[C@@H]12. The highest BCUT2D eigenvalue weighted by molar-refractivity contribution is 5.72. The van der Waals surface area contributed by atoms with Crippen molar-refractivity contribution in [3.05, 3.63) is 0 Å². The number of carbonyl (C=O) groups excluding carboxylic acids is 3. The monoisotopic (exact) mass is 552 g/mol. The molecule has 2 unspecified atom stereocenters. The molecule has 0 radical (unpaired) electrons. The number of fused-ring (bicyclic) bond motifs is 3. The molecule has 10 heteroatoms. The first kappa shape index (κ1) is 28.8. The molecule has 5 fully saturated rings. The maximum absolute atomic E-state index is 13.2. The van der Waals surface area contributed by atoms with Gasteiger partial charge in [-0.2, -0.15) is 0 Å². The van der Waals surface area contributed by atoms with Gasteiger partial charge in [-0.3, -0.25) is 14.4 Å². The summed E-state index contributed by atoms with van der Waals surface area (Å²) in [5.41, 5.74) is -2.88. The minimum absolute atomic E-state index is 0.0306. The van der Waals surface area contributed by atoms with Crippen LogP contribution < -0.4 is 0 Å². The van der Waals surface area contributed by atoms with Crippen LogP contribution in [0.3, 0.4) is 0 Å². The number of epoxide rings is 1. The maximum Gasteiger partial charge on any atom is 0.308 e. The number of aliphatic hydroxyl groups excluding tert-OH is 1. The van der Waals surface area contributed by atoms with E-state index >= 15 is 0 Å². The molecule has 2 aliphatic carbocycles. The number of hydrogen-bond acceptors (Lipinski definition) is 10. The Kier molecular flexibility index (Phi) is 7.57. The summed E-state index contributed by atoms with van der Waals surface area (Å²) in [5.74, 6) is -1.90. The van der Waals surface area contributed by atoms with Crippen LogP contribution in [-0.2, 0) is 42.8 Å². The number of rotatable bonds is 7. The van der Waals surface area contributed by atoms with Crippen molar-refractivity contribution in [3.63, 3.8) is 0 Å². The fourth-order valence-electron chi connectivity index (χ4n) is 8.34. The van der Waals surface area contributed by atoms with Gasteiger partial charge in [0, 0.05) is 37.5 Å². The van der Waals surface area contributed by atoms with Crippen LogP contribution >= 0.6 is 0 Å². The molecular weight excluding hydrogens is 508 g/mol. The van der Waals surface area contributed by atoms with Crippen LogP contribution in [0.5, 0.6) is 0 Å². The van der Waals surface area contributed by atoms with Crippen molar-refractivity contribution in [3.8, 4) is 0 Å². The third-order valence-electron chi connectivity index (χ3n) is 10.8. The third-order valence-corrected chi connectivity index (χ3v) is 10.8. The smallest absolute Gasteiger partial charge is 0.308 e. The van der Waals surface area contributed by atoms with Gasteiger partial charge in [-0.05, 0) is 31.6 Å². The lowest BCUT2D eigenvalue weighted by molar-refractivity contribution is -0.293. The molecule has 0 aromatic rings. The Balaban J connectivity index is 1.67. The summed E-state index contributed by atoms with van der Waals surface area (Å²) in [7, 11) is 0. The van der Waals surface area contributed by atoms with Crippen molar-refractivity contribution < 1.29 is 47.9 Å². The van der Waals surface area contributed by atoms with Gasteiger partial charge in [0.2, 0.25) is 0 Å². The minimum Gasteiger partial charge on any atom is -0.465 e. The largest absolute Gasteiger partial charge is 0.465 e. The van der Waals surface area contributed by atoms with Gasteiger partial charge in [0.05, 0.1) is 36.8 Å². The van der Waals surface area contributed by atoms with Crippen LogP contribution in [0, 0.1) is 34.5 Å². The van der Waals surface area contributed by atoms with E-state index in [0.717, 1.165) is 12.8 Å². The first-order valence-electron chi connectivity index (χ1n) is 14.5. The van der Waals surface area contributed by atoms with Crippen LogP contribution in [0.25, 0.3) is 0 Å². The first-order valence-corrected chi connectivity index (χ1v) is 14.5. The molecule has 0 aromatic heterocycles. The van der Waals surface area contributed by atoms with E-state index in [1.54, 1.807) is 0 Å². The first-order chi connectivity index (χ1) is 18.4. The molecule has 3 heterocycles. The molecule has 0 bridgehead atoms. The molecule has 0 aromatic carbocycles. The quantitative estimate of drug-likeness (QED) is 0.286. The lowest BCUT2D eigenvalue weighted by atomic mass is 9.41. The Morgan fingerprint density at radius 1 is 1.10 bits per heavy atom. The number of aliphatic hydroxyl groups is 1. The predicted molar refractivity (Wildman–Crippen MR) is 136 cm³/mol. The fraction of sp³-hybridized carbons (Fsp3) is 0.897. The van der Waals surface area contributed by atoms with Crippen molar-refractivity contribution in [1.29, 1.82) is 0 Å². The number of carbonyl (C=O) groups is 3. The third kappa shape index (κ3) is 4.41. The maximum atomic E-state index is 13.2. The number of ether oxygens (including phenoxy) is 6. The lowest BCUT2D eigenvalue weighted by Crippen LogP contribution is -2.75. The van der Waals surface area contributed by atoms with E-state index in [-0.39, 0.29) is 55.8 Å². The van der Waals surface area contributed by atoms with Gasteiger partial charge >= 0.3 is 17.9 Å². The molecule has 5 aliphatic rings. The van der Waals surface area contributed by atoms with Crippen molar-refractivity contribution in [2.45, 2.75) is 110 Å². The van der Waals surface area contributed by atoms with E-state index in [9.17, 15) is 19.5 Å². The second kappa shape index (κ2) is 10.3. The van der Waals surface area contributed by atoms with Crippen LogP contribution in [-0.4, -0.2) is 79.1 Å². The normalized spacial score (nSPS) is 47.2.